The van der Waals surface area contributed by atoms with Crippen molar-refractivity contribution in [3.05, 3.63) is 85.9 Å². The van der Waals surface area contributed by atoms with E-state index in [2.05, 4.69) is 47.2 Å². The van der Waals surface area contributed by atoms with Crippen LogP contribution in [0.2, 0.25) is 0 Å². The molecular weight excluding hydrogens is 456 g/mol. The second kappa shape index (κ2) is 7.02. The number of hydrogen-bond donors (Lipinski definition) is 1. The summed E-state index contributed by atoms with van der Waals surface area (Å²) in [6.07, 6.45) is 1.24. The standard InChI is InChI=1S/C25H21BrN2O3/c1-25(2)12-17-23(21(29)13-25)22-16-6-4-3-5-14(16)8-10-19(22)27-24(17)15-7-9-18(26)20(11-15)28(30)31/h3-11,24,27H,12-13H2,1-2H3. The summed E-state index contributed by atoms with van der Waals surface area (Å²) in [5.41, 5.74) is 4.28. The Labute approximate surface area is 188 Å². The van der Waals surface area contributed by atoms with E-state index in [9.17, 15) is 14.9 Å². The third-order valence-corrected chi connectivity index (χ3v) is 6.91. The Bertz CT molecular complexity index is 1310. The first kappa shape index (κ1) is 19.9. The fourth-order valence-electron chi connectivity index (χ4n) is 4.95. The zero-order valence-electron chi connectivity index (χ0n) is 17.2. The molecule has 0 spiro atoms. The Morgan fingerprint density at radius 1 is 1.10 bits per heavy atom. The van der Waals surface area contributed by atoms with Gasteiger partial charge in [0.15, 0.2) is 5.78 Å². The van der Waals surface area contributed by atoms with Crippen molar-refractivity contribution in [3.8, 4) is 0 Å². The fourth-order valence-corrected chi connectivity index (χ4v) is 5.34. The number of ketones is 1. The zero-order valence-corrected chi connectivity index (χ0v) is 18.8. The first-order chi connectivity index (χ1) is 14.7. The lowest BCUT2D eigenvalue weighted by Gasteiger charge is -2.40. The monoisotopic (exact) mass is 476 g/mol. The first-order valence-corrected chi connectivity index (χ1v) is 11.0. The van der Waals surface area contributed by atoms with Gasteiger partial charge in [-0.15, -0.1) is 0 Å². The van der Waals surface area contributed by atoms with E-state index in [1.54, 1.807) is 12.1 Å². The number of fused-ring (bicyclic) bond motifs is 4. The number of benzene rings is 3. The molecule has 0 radical (unpaired) electrons. The van der Waals surface area contributed by atoms with E-state index in [0.29, 0.717) is 10.9 Å². The normalized spacial score (nSPS) is 19.6. The molecule has 0 amide bonds. The number of nitro groups is 1. The highest BCUT2D eigenvalue weighted by atomic mass is 79.9. The number of nitrogens with one attached hydrogen (secondary N) is 1. The average molecular weight is 477 g/mol. The molecule has 0 fully saturated rings. The van der Waals surface area contributed by atoms with Gasteiger partial charge in [-0.25, -0.2) is 0 Å². The Kier molecular flexibility index (Phi) is 4.52. The number of hydrogen-bond acceptors (Lipinski definition) is 4. The fraction of sp³-hybridized carbons (Fsp3) is 0.240. The summed E-state index contributed by atoms with van der Waals surface area (Å²) < 4.78 is 0.442. The van der Waals surface area contributed by atoms with Gasteiger partial charge < -0.3 is 5.32 Å². The molecule has 0 aromatic heterocycles. The molecule has 3 aromatic rings. The van der Waals surface area contributed by atoms with Crippen molar-refractivity contribution in [2.45, 2.75) is 32.7 Å². The molecule has 156 valence electrons. The largest absolute Gasteiger partial charge is 0.374 e. The Morgan fingerprint density at radius 2 is 1.87 bits per heavy atom. The summed E-state index contributed by atoms with van der Waals surface area (Å²) in [6.45, 7) is 4.21. The number of carbonyl (C=O) groups excluding carboxylic acids is 1. The van der Waals surface area contributed by atoms with Crippen molar-refractivity contribution in [1.29, 1.82) is 0 Å². The lowest BCUT2D eigenvalue weighted by atomic mass is 9.68. The van der Waals surface area contributed by atoms with Gasteiger partial charge in [-0.2, -0.15) is 0 Å². The maximum Gasteiger partial charge on any atom is 0.283 e. The highest BCUT2D eigenvalue weighted by Gasteiger charge is 2.40. The molecular formula is C25H21BrN2O3. The number of allylic oxidation sites excluding steroid dienone is 1. The molecule has 1 N–H and O–H groups in total. The SMILES string of the molecule is CC1(C)CC(=O)C2=C(C1)C(c1ccc(Br)c([N+](=O)[O-])c1)Nc1ccc3ccccc3c12. The lowest BCUT2D eigenvalue weighted by molar-refractivity contribution is -0.385. The van der Waals surface area contributed by atoms with E-state index < -0.39 is 0 Å². The van der Waals surface area contributed by atoms with Gasteiger partial charge in [0.25, 0.3) is 5.69 Å². The van der Waals surface area contributed by atoms with Crippen molar-refractivity contribution < 1.29 is 9.72 Å². The summed E-state index contributed by atoms with van der Waals surface area (Å²) in [4.78, 5) is 24.6. The third-order valence-electron chi connectivity index (χ3n) is 6.24. The van der Waals surface area contributed by atoms with Crippen LogP contribution in [0.3, 0.4) is 0 Å². The molecule has 31 heavy (non-hydrogen) atoms. The van der Waals surface area contributed by atoms with E-state index in [4.69, 9.17) is 0 Å². The molecule has 1 aliphatic carbocycles. The van der Waals surface area contributed by atoms with Crippen LogP contribution in [0.5, 0.6) is 0 Å². The van der Waals surface area contributed by atoms with E-state index in [0.717, 1.165) is 45.2 Å². The molecule has 0 bridgehead atoms. The second-order valence-electron chi connectivity index (χ2n) is 9.10. The molecule has 0 saturated carbocycles. The Hall–Kier alpha value is -2.99. The van der Waals surface area contributed by atoms with Crippen molar-refractivity contribution in [3.63, 3.8) is 0 Å². The summed E-state index contributed by atoms with van der Waals surface area (Å²) in [7, 11) is 0. The number of carbonyl (C=O) groups is 1. The lowest BCUT2D eigenvalue weighted by Crippen LogP contribution is -2.32. The molecule has 1 unspecified atom stereocenters. The molecule has 0 saturated heterocycles. The molecule has 1 aliphatic heterocycles. The predicted octanol–water partition coefficient (Wildman–Crippen LogP) is 6.82. The topological polar surface area (TPSA) is 72.2 Å². The van der Waals surface area contributed by atoms with Gasteiger partial charge in [0, 0.05) is 29.3 Å². The van der Waals surface area contributed by atoms with E-state index in [-0.39, 0.29) is 27.9 Å². The van der Waals surface area contributed by atoms with Crippen LogP contribution in [0, 0.1) is 15.5 Å². The minimum Gasteiger partial charge on any atom is -0.374 e. The van der Waals surface area contributed by atoms with Crippen LogP contribution in [0.15, 0.2) is 64.6 Å². The van der Waals surface area contributed by atoms with Crippen LogP contribution >= 0.6 is 15.9 Å². The highest BCUT2D eigenvalue weighted by molar-refractivity contribution is 9.10. The minimum atomic E-state index is -0.386. The van der Waals surface area contributed by atoms with Crippen molar-refractivity contribution in [2.24, 2.45) is 5.41 Å². The predicted molar refractivity (Wildman–Crippen MR) is 126 cm³/mol. The average Bonchev–Trinajstić information content (AvgIpc) is 2.72. The van der Waals surface area contributed by atoms with Crippen LogP contribution in [-0.2, 0) is 4.79 Å². The van der Waals surface area contributed by atoms with Gasteiger partial charge in [-0.3, -0.25) is 14.9 Å². The van der Waals surface area contributed by atoms with E-state index in [1.807, 2.05) is 30.3 Å². The first-order valence-electron chi connectivity index (χ1n) is 10.2. The summed E-state index contributed by atoms with van der Waals surface area (Å²) >= 11 is 3.28. The van der Waals surface area contributed by atoms with Gasteiger partial charge >= 0.3 is 0 Å². The number of rotatable bonds is 2. The molecule has 5 rings (SSSR count). The van der Waals surface area contributed by atoms with Gasteiger partial charge in [0.05, 0.1) is 15.4 Å². The summed E-state index contributed by atoms with van der Waals surface area (Å²) in [5.74, 6) is 0.141. The molecule has 6 heteroatoms. The smallest absolute Gasteiger partial charge is 0.283 e. The molecule has 2 aliphatic rings. The molecule has 5 nitrogen and oxygen atoms in total. The van der Waals surface area contributed by atoms with Crippen LogP contribution in [0.25, 0.3) is 16.3 Å². The van der Waals surface area contributed by atoms with Crippen LogP contribution in [-0.4, -0.2) is 10.7 Å². The summed E-state index contributed by atoms with van der Waals surface area (Å²) in [5, 5.41) is 17.3. The van der Waals surface area contributed by atoms with Gasteiger partial charge in [0.2, 0.25) is 0 Å². The van der Waals surface area contributed by atoms with Gasteiger partial charge in [0.1, 0.15) is 0 Å². The number of nitrogens with zero attached hydrogens (tertiary/aromatic N) is 1. The molecule has 3 aromatic carbocycles. The second-order valence-corrected chi connectivity index (χ2v) is 9.95. The third kappa shape index (κ3) is 3.26. The van der Waals surface area contributed by atoms with E-state index >= 15 is 0 Å². The Balaban J connectivity index is 1.78. The zero-order chi connectivity index (χ0) is 21.9. The highest BCUT2D eigenvalue weighted by Crippen LogP contribution is 2.52. The maximum atomic E-state index is 13.5. The maximum absolute atomic E-state index is 13.5. The minimum absolute atomic E-state index is 0.0205. The van der Waals surface area contributed by atoms with Gasteiger partial charge in [-0.05, 0) is 61.8 Å². The molecule has 1 atom stereocenters. The number of nitro benzene ring substituents is 1. The van der Waals surface area contributed by atoms with E-state index in [1.165, 1.54) is 0 Å². The summed E-state index contributed by atoms with van der Waals surface area (Å²) in [6, 6.07) is 17.1. The quantitative estimate of drug-likeness (QED) is 0.325. The van der Waals surface area contributed by atoms with Crippen LogP contribution < -0.4 is 5.32 Å². The Morgan fingerprint density at radius 3 is 2.65 bits per heavy atom. The van der Waals surface area contributed by atoms with Crippen molar-refractivity contribution in [1.82, 2.24) is 0 Å². The van der Waals surface area contributed by atoms with Crippen molar-refractivity contribution in [2.75, 3.05) is 5.32 Å². The number of halogens is 1. The van der Waals surface area contributed by atoms with Gasteiger partial charge in [-0.1, -0.05) is 50.2 Å². The number of Topliss-reactive ketones (excluding diaryl/α,β-unsaturated/α-hetero) is 1. The van der Waals surface area contributed by atoms with Crippen LogP contribution in [0.4, 0.5) is 11.4 Å². The van der Waals surface area contributed by atoms with Crippen LogP contribution in [0.1, 0.15) is 43.9 Å². The number of anilines is 1. The molecule has 1 heterocycles. The van der Waals surface area contributed by atoms with Crippen molar-refractivity contribution >= 4 is 49.4 Å².